The van der Waals surface area contributed by atoms with Gasteiger partial charge >= 0.3 is 0 Å². The summed E-state index contributed by atoms with van der Waals surface area (Å²) in [7, 11) is 1.62. The van der Waals surface area contributed by atoms with Crippen molar-refractivity contribution in [1.29, 1.82) is 0 Å². The zero-order valence-corrected chi connectivity index (χ0v) is 13.6. The minimum Gasteiger partial charge on any atom is -0.380 e. The van der Waals surface area contributed by atoms with E-state index < -0.39 is 0 Å². The zero-order valence-electron chi connectivity index (χ0n) is 13.6. The number of carbonyl (C=O) groups is 1. The molecule has 0 aliphatic heterocycles. The Morgan fingerprint density at radius 2 is 2.09 bits per heavy atom. The molecule has 6 heteroatoms. The van der Waals surface area contributed by atoms with Gasteiger partial charge in [-0.3, -0.25) is 4.79 Å². The molecule has 1 amide bonds. The fourth-order valence-electron chi connectivity index (χ4n) is 1.85. The molecule has 3 N–H and O–H groups in total. The predicted octanol–water partition coefficient (Wildman–Crippen LogP) is 1.14. The van der Waals surface area contributed by atoms with E-state index in [4.69, 9.17) is 4.74 Å². The lowest BCUT2D eigenvalue weighted by atomic mass is 10.1. The van der Waals surface area contributed by atoms with Gasteiger partial charge in [0.05, 0.1) is 13.2 Å². The Kier molecular flexibility index (Phi) is 8.67. The lowest BCUT2D eigenvalue weighted by Gasteiger charge is -2.11. The summed E-state index contributed by atoms with van der Waals surface area (Å²) in [5.41, 5.74) is 1.63. The van der Waals surface area contributed by atoms with Gasteiger partial charge in [0.25, 0.3) is 5.91 Å². The predicted molar refractivity (Wildman–Crippen MR) is 89.1 cm³/mol. The molecular weight excluding hydrogens is 280 g/mol. The number of nitrogens with one attached hydrogen (secondary N) is 3. The Morgan fingerprint density at radius 3 is 2.77 bits per heavy atom. The molecule has 0 radical (unpaired) electrons. The molecular formula is C16H26N4O2. The van der Waals surface area contributed by atoms with Crippen molar-refractivity contribution in [3.63, 3.8) is 0 Å². The standard InChI is InChI=1S/C16H26N4O2/c1-4-18-16(19-9-10-22-5-2)20-12-13-7-6-8-14(11-13)15(21)17-3/h6-8,11H,4-5,9-10,12H2,1-3H3,(H,17,21)(H2,18,19,20). The maximum Gasteiger partial charge on any atom is 0.251 e. The van der Waals surface area contributed by atoms with Gasteiger partial charge in [0.2, 0.25) is 0 Å². The Labute approximate surface area is 132 Å². The van der Waals surface area contributed by atoms with Crippen LogP contribution in [-0.2, 0) is 11.3 Å². The lowest BCUT2D eigenvalue weighted by molar-refractivity contribution is 0.0963. The molecule has 0 saturated carbocycles. The number of nitrogens with zero attached hydrogens (tertiary/aromatic N) is 1. The molecule has 0 aliphatic carbocycles. The number of hydrogen-bond acceptors (Lipinski definition) is 3. The molecule has 22 heavy (non-hydrogen) atoms. The van der Waals surface area contributed by atoms with Gasteiger partial charge in [0.15, 0.2) is 5.96 Å². The summed E-state index contributed by atoms with van der Waals surface area (Å²) in [5.74, 6) is 0.653. The molecule has 6 nitrogen and oxygen atoms in total. The van der Waals surface area contributed by atoms with Crippen LogP contribution in [0, 0.1) is 0 Å². The number of rotatable bonds is 8. The Balaban J connectivity index is 2.63. The summed E-state index contributed by atoms with van der Waals surface area (Å²) < 4.78 is 5.29. The van der Waals surface area contributed by atoms with Gasteiger partial charge in [-0.15, -0.1) is 0 Å². The van der Waals surface area contributed by atoms with Crippen LogP contribution in [0.5, 0.6) is 0 Å². The molecule has 0 unspecified atom stereocenters. The first-order chi connectivity index (χ1) is 10.7. The smallest absolute Gasteiger partial charge is 0.251 e. The van der Waals surface area contributed by atoms with Gasteiger partial charge in [-0.25, -0.2) is 4.99 Å². The van der Waals surface area contributed by atoms with Crippen LogP contribution in [0.25, 0.3) is 0 Å². The Morgan fingerprint density at radius 1 is 1.27 bits per heavy atom. The van der Waals surface area contributed by atoms with Crippen molar-refractivity contribution in [2.24, 2.45) is 4.99 Å². The number of carbonyl (C=O) groups excluding carboxylic acids is 1. The van der Waals surface area contributed by atoms with E-state index in [9.17, 15) is 4.79 Å². The third kappa shape index (κ3) is 6.58. The Hall–Kier alpha value is -2.08. The van der Waals surface area contributed by atoms with Crippen LogP contribution < -0.4 is 16.0 Å². The highest BCUT2D eigenvalue weighted by Gasteiger charge is 2.03. The quantitative estimate of drug-likeness (QED) is 0.382. The van der Waals surface area contributed by atoms with Crippen LogP contribution in [0.15, 0.2) is 29.3 Å². The van der Waals surface area contributed by atoms with Crippen LogP contribution in [0.1, 0.15) is 29.8 Å². The van der Waals surface area contributed by atoms with Gasteiger partial charge in [-0.05, 0) is 31.5 Å². The SMILES string of the molecule is CCNC(=NCc1cccc(C(=O)NC)c1)NCCOCC. The average molecular weight is 306 g/mol. The third-order valence-corrected chi connectivity index (χ3v) is 2.92. The minimum atomic E-state index is -0.0902. The zero-order chi connectivity index (χ0) is 16.2. The number of hydrogen-bond donors (Lipinski definition) is 3. The van der Waals surface area contributed by atoms with E-state index in [2.05, 4.69) is 20.9 Å². The molecule has 122 valence electrons. The van der Waals surface area contributed by atoms with Crippen molar-refractivity contribution in [1.82, 2.24) is 16.0 Å². The molecule has 0 saturated heterocycles. The van der Waals surface area contributed by atoms with Gasteiger partial charge in [-0.2, -0.15) is 0 Å². The number of guanidine groups is 1. The van der Waals surface area contributed by atoms with Crippen LogP contribution in [0.4, 0.5) is 0 Å². The monoisotopic (exact) mass is 306 g/mol. The van der Waals surface area contributed by atoms with Gasteiger partial charge in [-0.1, -0.05) is 12.1 Å². The molecule has 0 aliphatic rings. The molecule has 0 spiro atoms. The Bertz CT molecular complexity index is 489. The van der Waals surface area contributed by atoms with E-state index in [1.807, 2.05) is 32.0 Å². The van der Waals surface area contributed by atoms with Crippen molar-refractivity contribution in [3.05, 3.63) is 35.4 Å². The van der Waals surface area contributed by atoms with Crippen LogP contribution >= 0.6 is 0 Å². The van der Waals surface area contributed by atoms with Gasteiger partial charge in [0.1, 0.15) is 0 Å². The lowest BCUT2D eigenvalue weighted by Crippen LogP contribution is -2.39. The van der Waals surface area contributed by atoms with Gasteiger partial charge < -0.3 is 20.7 Å². The minimum absolute atomic E-state index is 0.0902. The summed E-state index contributed by atoms with van der Waals surface area (Å²) in [6, 6.07) is 7.47. The molecule has 0 heterocycles. The summed E-state index contributed by atoms with van der Waals surface area (Å²) in [6.07, 6.45) is 0. The molecule has 1 rings (SSSR count). The average Bonchev–Trinajstić information content (AvgIpc) is 2.56. The van der Waals surface area contributed by atoms with Crippen molar-refractivity contribution in [3.8, 4) is 0 Å². The van der Waals surface area contributed by atoms with E-state index in [1.54, 1.807) is 13.1 Å². The number of ether oxygens (including phenoxy) is 1. The molecule has 0 bridgehead atoms. The normalized spacial score (nSPS) is 11.1. The highest BCUT2D eigenvalue weighted by molar-refractivity contribution is 5.94. The van der Waals surface area contributed by atoms with Crippen LogP contribution in [0.3, 0.4) is 0 Å². The second kappa shape index (κ2) is 10.6. The van der Waals surface area contributed by atoms with Gasteiger partial charge in [0, 0.05) is 32.3 Å². The fourth-order valence-corrected chi connectivity index (χ4v) is 1.85. The summed E-state index contributed by atoms with van der Waals surface area (Å²) >= 11 is 0. The first kappa shape index (κ1) is 18.0. The highest BCUT2D eigenvalue weighted by atomic mass is 16.5. The maximum absolute atomic E-state index is 11.6. The van der Waals surface area contributed by atoms with Crippen molar-refractivity contribution < 1.29 is 9.53 Å². The fraction of sp³-hybridized carbons (Fsp3) is 0.500. The van der Waals surface area contributed by atoms with E-state index in [0.717, 1.165) is 18.1 Å². The third-order valence-electron chi connectivity index (χ3n) is 2.92. The summed E-state index contributed by atoms with van der Waals surface area (Å²) in [4.78, 5) is 16.1. The summed E-state index contributed by atoms with van der Waals surface area (Å²) in [5, 5.41) is 9.01. The van der Waals surface area contributed by atoms with E-state index in [1.165, 1.54) is 0 Å². The van der Waals surface area contributed by atoms with E-state index in [0.29, 0.717) is 31.9 Å². The van der Waals surface area contributed by atoms with Crippen LogP contribution in [-0.4, -0.2) is 45.2 Å². The summed E-state index contributed by atoms with van der Waals surface area (Å²) in [6.45, 7) is 7.35. The molecule has 0 fully saturated rings. The first-order valence-electron chi connectivity index (χ1n) is 7.62. The molecule has 0 atom stereocenters. The number of aliphatic imine (C=N–C) groups is 1. The van der Waals surface area contributed by atoms with Crippen LogP contribution in [0.2, 0.25) is 0 Å². The second-order valence-corrected chi connectivity index (χ2v) is 4.60. The molecule has 1 aromatic rings. The van der Waals surface area contributed by atoms with E-state index >= 15 is 0 Å². The van der Waals surface area contributed by atoms with Crippen molar-refractivity contribution >= 4 is 11.9 Å². The highest BCUT2D eigenvalue weighted by Crippen LogP contribution is 2.06. The largest absolute Gasteiger partial charge is 0.380 e. The molecule has 0 aromatic heterocycles. The van der Waals surface area contributed by atoms with Crippen molar-refractivity contribution in [2.45, 2.75) is 20.4 Å². The van der Waals surface area contributed by atoms with Crippen molar-refractivity contribution in [2.75, 3.05) is 33.4 Å². The van der Waals surface area contributed by atoms with E-state index in [-0.39, 0.29) is 5.91 Å². The topological polar surface area (TPSA) is 74.8 Å². The number of benzene rings is 1. The number of amides is 1. The maximum atomic E-state index is 11.6. The molecule has 1 aromatic carbocycles. The first-order valence-corrected chi connectivity index (χ1v) is 7.62. The second-order valence-electron chi connectivity index (χ2n) is 4.60.